The number of esters is 1. The molecule has 0 aliphatic carbocycles. The van der Waals surface area contributed by atoms with Crippen LogP contribution in [0.4, 0.5) is 18.9 Å². The van der Waals surface area contributed by atoms with Crippen molar-refractivity contribution < 1.29 is 32.7 Å². The number of halogens is 3. The fourth-order valence-electron chi connectivity index (χ4n) is 1.87. The summed E-state index contributed by atoms with van der Waals surface area (Å²) in [4.78, 5) is 23.2. The minimum Gasteiger partial charge on any atom is -0.469 e. The summed E-state index contributed by atoms with van der Waals surface area (Å²) in [5.74, 6) is -2.66. The van der Waals surface area contributed by atoms with Crippen molar-refractivity contribution in [1.82, 2.24) is 0 Å². The number of nitrogens with zero attached hydrogens (tertiary/aromatic N) is 2. The molecule has 1 amide bonds. The first-order valence-corrected chi connectivity index (χ1v) is 6.53. The summed E-state index contributed by atoms with van der Waals surface area (Å²) < 4.78 is 42.8. The van der Waals surface area contributed by atoms with E-state index in [1.54, 1.807) is 0 Å². The highest BCUT2D eigenvalue weighted by Crippen LogP contribution is 2.26. The molecule has 0 atom stereocenters. The van der Waals surface area contributed by atoms with E-state index in [-0.39, 0.29) is 30.6 Å². The highest BCUT2D eigenvalue weighted by Gasteiger charge is 2.43. The standard InChI is InChI=1S/C14H15F3N2O4/c1-23-12(20)7-4-8-19(13(21)14(15,16)17)11-6-3-2-5-10(11)9-18-22/h2-3,5-6,9,22H,4,7-8H2,1H3/b18-9-. The number of carbonyl (C=O) groups is 2. The molecule has 1 aromatic carbocycles. The smallest absolute Gasteiger partial charge is 0.469 e. The molecule has 126 valence electrons. The summed E-state index contributed by atoms with van der Waals surface area (Å²) in [5, 5.41) is 11.4. The van der Waals surface area contributed by atoms with Crippen molar-refractivity contribution in [3.05, 3.63) is 29.8 Å². The Bertz CT molecular complexity index is 588. The van der Waals surface area contributed by atoms with E-state index in [9.17, 15) is 22.8 Å². The number of carbonyl (C=O) groups excluding carboxylic acids is 2. The molecule has 0 aromatic heterocycles. The minimum absolute atomic E-state index is 0.0148. The zero-order valence-corrected chi connectivity index (χ0v) is 12.2. The lowest BCUT2D eigenvalue weighted by atomic mass is 10.1. The number of para-hydroxylation sites is 1. The largest absolute Gasteiger partial charge is 0.471 e. The molecule has 0 spiro atoms. The fraction of sp³-hybridized carbons (Fsp3) is 0.357. The molecular formula is C14H15F3N2O4. The second-order valence-corrected chi connectivity index (χ2v) is 4.44. The Kier molecular flexibility index (Phi) is 6.55. The maximum Gasteiger partial charge on any atom is 0.471 e. The van der Waals surface area contributed by atoms with Crippen LogP contribution in [0.25, 0.3) is 0 Å². The first-order valence-electron chi connectivity index (χ1n) is 6.53. The molecule has 1 N–H and O–H groups in total. The number of benzene rings is 1. The molecule has 0 radical (unpaired) electrons. The number of hydrogen-bond donors (Lipinski definition) is 1. The predicted octanol–water partition coefficient (Wildman–Crippen LogP) is 2.34. The van der Waals surface area contributed by atoms with E-state index >= 15 is 0 Å². The summed E-state index contributed by atoms with van der Waals surface area (Å²) in [5.41, 5.74) is 0.0585. The summed E-state index contributed by atoms with van der Waals surface area (Å²) in [6.45, 7) is -0.344. The normalized spacial score (nSPS) is 11.5. The quantitative estimate of drug-likeness (QED) is 0.375. The van der Waals surface area contributed by atoms with Gasteiger partial charge in [0.1, 0.15) is 0 Å². The summed E-state index contributed by atoms with van der Waals surface area (Å²) in [7, 11) is 1.16. The molecule has 23 heavy (non-hydrogen) atoms. The Balaban J connectivity index is 3.09. The molecule has 1 rings (SSSR count). The second-order valence-electron chi connectivity index (χ2n) is 4.44. The summed E-state index contributed by atoms with van der Waals surface area (Å²) >= 11 is 0. The maximum absolute atomic E-state index is 12.8. The summed E-state index contributed by atoms with van der Waals surface area (Å²) in [6, 6.07) is 5.65. The van der Waals surface area contributed by atoms with E-state index in [2.05, 4.69) is 9.89 Å². The molecule has 0 heterocycles. The number of amides is 1. The van der Waals surface area contributed by atoms with Crippen LogP contribution in [0.15, 0.2) is 29.4 Å². The molecule has 0 bridgehead atoms. The van der Waals surface area contributed by atoms with Crippen LogP contribution in [0.1, 0.15) is 18.4 Å². The number of oxime groups is 1. The van der Waals surface area contributed by atoms with Gasteiger partial charge in [-0.25, -0.2) is 0 Å². The predicted molar refractivity (Wildman–Crippen MR) is 75.5 cm³/mol. The van der Waals surface area contributed by atoms with Crippen LogP contribution < -0.4 is 4.90 Å². The van der Waals surface area contributed by atoms with Gasteiger partial charge in [0.15, 0.2) is 0 Å². The second kappa shape index (κ2) is 8.16. The molecule has 0 aliphatic heterocycles. The van der Waals surface area contributed by atoms with Gasteiger partial charge in [-0.15, -0.1) is 0 Å². The van der Waals surface area contributed by atoms with Gasteiger partial charge in [-0.1, -0.05) is 23.4 Å². The number of alkyl halides is 3. The Morgan fingerprint density at radius 1 is 1.35 bits per heavy atom. The van der Waals surface area contributed by atoms with Gasteiger partial charge < -0.3 is 14.8 Å². The number of ether oxygens (including phenoxy) is 1. The van der Waals surface area contributed by atoms with E-state index in [1.165, 1.54) is 24.3 Å². The van der Waals surface area contributed by atoms with Crippen LogP contribution in [-0.4, -0.2) is 43.1 Å². The van der Waals surface area contributed by atoms with E-state index in [0.717, 1.165) is 13.3 Å². The third-order valence-corrected chi connectivity index (χ3v) is 2.90. The number of anilines is 1. The van der Waals surface area contributed by atoms with E-state index in [1.807, 2.05) is 0 Å². The van der Waals surface area contributed by atoms with Gasteiger partial charge in [0.25, 0.3) is 0 Å². The number of hydrogen-bond acceptors (Lipinski definition) is 5. The Labute approximate surface area is 130 Å². The average molecular weight is 332 g/mol. The molecule has 1 aromatic rings. The summed E-state index contributed by atoms with van der Waals surface area (Å²) in [6.07, 6.45) is -4.30. The van der Waals surface area contributed by atoms with Crippen molar-refractivity contribution in [2.24, 2.45) is 5.16 Å². The monoisotopic (exact) mass is 332 g/mol. The maximum atomic E-state index is 12.8. The molecule has 0 saturated carbocycles. The zero-order valence-electron chi connectivity index (χ0n) is 12.2. The molecular weight excluding hydrogens is 317 g/mol. The Morgan fingerprint density at radius 3 is 2.57 bits per heavy atom. The highest BCUT2D eigenvalue weighted by molar-refractivity contribution is 6.01. The topological polar surface area (TPSA) is 79.2 Å². The van der Waals surface area contributed by atoms with Gasteiger partial charge >= 0.3 is 18.1 Å². The van der Waals surface area contributed by atoms with E-state index in [0.29, 0.717) is 4.90 Å². The molecule has 0 saturated heterocycles. The first kappa shape index (κ1) is 18.5. The van der Waals surface area contributed by atoms with Gasteiger partial charge in [0, 0.05) is 18.5 Å². The molecule has 0 aliphatic rings. The van der Waals surface area contributed by atoms with Crippen LogP contribution in [0.5, 0.6) is 0 Å². The van der Waals surface area contributed by atoms with Crippen LogP contribution in [-0.2, 0) is 14.3 Å². The SMILES string of the molecule is COC(=O)CCCN(C(=O)C(F)(F)F)c1ccccc1/C=N\O. The van der Waals surface area contributed by atoms with Crippen molar-refractivity contribution in [2.75, 3.05) is 18.6 Å². The molecule has 0 fully saturated rings. The van der Waals surface area contributed by atoms with E-state index in [4.69, 9.17) is 5.21 Å². The van der Waals surface area contributed by atoms with Crippen LogP contribution in [0.2, 0.25) is 0 Å². The lowest BCUT2D eigenvalue weighted by Gasteiger charge is -2.25. The van der Waals surface area contributed by atoms with Crippen molar-refractivity contribution >= 4 is 23.8 Å². The average Bonchev–Trinajstić information content (AvgIpc) is 2.51. The van der Waals surface area contributed by atoms with Crippen molar-refractivity contribution in [3.63, 3.8) is 0 Å². The third-order valence-electron chi connectivity index (χ3n) is 2.90. The zero-order chi connectivity index (χ0) is 17.5. The molecule has 9 heteroatoms. The first-order chi connectivity index (χ1) is 10.8. The highest BCUT2D eigenvalue weighted by atomic mass is 19.4. The van der Waals surface area contributed by atoms with Gasteiger partial charge in [-0.05, 0) is 12.5 Å². The van der Waals surface area contributed by atoms with Crippen molar-refractivity contribution in [2.45, 2.75) is 19.0 Å². The van der Waals surface area contributed by atoms with Crippen LogP contribution in [0, 0.1) is 0 Å². The fourth-order valence-corrected chi connectivity index (χ4v) is 1.87. The van der Waals surface area contributed by atoms with Gasteiger partial charge in [0.05, 0.1) is 19.0 Å². The van der Waals surface area contributed by atoms with Crippen LogP contribution in [0.3, 0.4) is 0 Å². The van der Waals surface area contributed by atoms with E-state index < -0.39 is 18.1 Å². The van der Waals surface area contributed by atoms with Gasteiger partial charge in [0.2, 0.25) is 0 Å². The molecule has 6 nitrogen and oxygen atoms in total. The van der Waals surface area contributed by atoms with Crippen molar-refractivity contribution in [3.8, 4) is 0 Å². The van der Waals surface area contributed by atoms with Gasteiger partial charge in [-0.2, -0.15) is 13.2 Å². The van der Waals surface area contributed by atoms with Gasteiger partial charge in [-0.3, -0.25) is 9.59 Å². The van der Waals surface area contributed by atoms with Crippen molar-refractivity contribution in [1.29, 1.82) is 0 Å². The van der Waals surface area contributed by atoms with Crippen LogP contribution >= 0.6 is 0 Å². The number of methoxy groups -OCH3 is 1. The Morgan fingerprint density at radius 2 is 2.00 bits per heavy atom. The minimum atomic E-state index is -5.07. The molecule has 0 unspecified atom stereocenters. The Hall–Kier alpha value is -2.58. The lowest BCUT2D eigenvalue weighted by molar-refractivity contribution is -0.170. The third kappa shape index (κ3) is 5.28. The number of rotatable bonds is 6. The lowest BCUT2D eigenvalue weighted by Crippen LogP contribution is -2.42.